The van der Waals surface area contributed by atoms with Gasteiger partial charge in [-0.05, 0) is 6.07 Å². The van der Waals surface area contributed by atoms with Crippen molar-refractivity contribution in [2.45, 2.75) is 19.6 Å². The lowest BCUT2D eigenvalue weighted by Crippen LogP contribution is -2.19. The Morgan fingerprint density at radius 3 is 2.62 bits per heavy atom. The molecule has 112 valence electrons. The summed E-state index contributed by atoms with van der Waals surface area (Å²) in [6, 6.07) is 3.64. The Labute approximate surface area is 116 Å². The van der Waals surface area contributed by atoms with Crippen molar-refractivity contribution in [3.63, 3.8) is 0 Å². The Morgan fingerprint density at radius 1 is 1.38 bits per heavy atom. The maximum atomic E-state index is 13.8. The van der Waals surface area contributed by atoms with Gasteiger partial charge in [-0.1, -0.05) is 17.3 Å². The van der Waals surface area contributed by atoms with Crippen LogP contribution in [0, 0.1) is 5.82 Å². The molecule has 0 aliphatic carbocycles. The third-order valence-electron chi connectivity index (χ3n) is 2.51. The van der Waals surface area contributed by atoms with E-state index in [2.05, 4.69) is 20.0 Å². The number of hydrogen-bond donors (Lipinski definition) is 1. The van der Waals surface area contributed by atoms with Crippen LogP contribution >= 0.6 is 0 Å². The van der Waals surface area contributed by atoms with Crippen LogP contribution < -0.4 is 5.32 Å². The van der Waals surface area contributed by atoms with Gasteiger partial charge >= 0.3 is 12.1 Å². The highest BCUT2D eigenvalue weighted by Crippen LogP contribution is 2.29. The van der Waals surface area contributed by atoms with E-state index in [9.17, 15) is 22.4 Å². The number of halogens is 4. The molecule has 0 aliphatic heterocycles. The van der Waals surface area contributed by atoms with E-state index in [1.807, 2.05) is 0 Å². The normalized spacial score (nSPS) is 11.5. The molecule has 1 heterocycles. The second-order valence-corrected chi connectivity index (χ2v) is 4.14. The molecule has 0 saturated heterocycles. The monoisotopic (exact) mass is 303 g/mol. The Kier molecular flexibility index (Phi) is 3.92. The Bertz CT molecular complexity index is 667. The summed E-state index contributed by atoms with van der Waals surface area (Å²) in [4.78, 5) is 13.9. The zero-order valence-electron chi connectivity index (χ0n) is 10.7. The highest BCUT2D eigenvalue weighted by atomic mass is 19.4. The van der Waals surface area contributed by atoms with Crippen molar-refractivity contribution in [3.05, 3.63) is 35.5 Å². The Balaban J connectivity index is 2.23. The van der Waals surface area contributed by atoms with Gasteiger partial charge in [-0.15, -0.1) is 0 Å². The molecule has 2 aromatic rings. The molecular weight excluding hydrogens is 294 g/mol. The average molecular weight is 303 g/mol. The van der Waals surface area contributed by atoms with Crippen molar-refractivity contribution in [3.8, 4) is 11.4 Å². The zero-order valence-corrected chi connectivity index (χ0v) is 10.7. The first-order valence-corrected chi connectivity index (χ1v) is 5.71. The second-order valence-electron chi connectivity index (χ2n) is 4.14. The number of aromatic nitrogens is 2. The molecule has 0 unspecified atom stereocenters. The Hall–Kier alpha value is -2.45. The SMILES string of the molecule is CC(=O)NCc1ccc(-c2noc(C(F)(F)F)n2)cc1F. The van der Waals surface area contributed by atoms with E-state index in [1.54, 1.807) is 0 Å². The number of benzene rings is 1. The van der Waals surface area contributed by atoms with Crippen molar-refractivity contribution < 1.29 is 26.9 Å². The summed E-state index contributed by atoms with van der Waals surface area (Å²) in [5, 5.41) is 5.56. The second kappa shape index (κ2) is 5.51. The van der Waals surface area contributed by atoms with Gasteiger partial charge in [0, 0.05) is 24.6 Å². The van der Waals surface area contributed by atoms with Gasteiger partial charge < -0.3 is 9.84 Å². The molecule has 2 rings (SSSR count). The lowest BCUT2D eigenvalue weighted by molar-refractivity contribution is -0.159. The van der Waals surface area contributed by atoms with Crippen LogP contribution in [-0.2, 0) is 17.5 Å². The molecule has 0 bridgehead atoms. The summed E-state index contributed by atoms with van der Waals surface area (Å²) in [7, 11) is 0. The first-order chi connectivity index (χ1) is 9.77. The van der Waals surface area contributed by atoms with Gasteiger partial charge in [-0.25, -0.2) is 4.39 Å². The molecule has 0 saturated carbocycles. The molecule has 0 fully saturated rings. The maximum absolute atomic E-state index is 13.8. The van der Waals surface area contributed by atoms with E-state index >= 15 is 0 Å². The largest absolute Gasteiger partial charge is 0.471 e. The highest BCUT2D eigenvalue weighted by Gasteiger charge is 2.38. The van der Waals surface area contributed by atoms with Gasteiger partial charge in [0.1, 0.15) is 5.82 Å². The quantitative estimate of drug-likeness (QED) is 0.885. The van der Waals surface area contributed by atoms with Crippen LogP contribution in [0.5, 0.6) is 0 Å². The van der Waals surface area contributed by atoms with Gasteiger partial charge in [0.05, 0.1) is 0 Å². The summed E-state index contributed by atoms with van der Waals surface area (Å²) in [5.41, 5.74) is 0.229. The smallest absolute Gasteiger partial charge is 0.352 e. The van der Waals surface area contributed by atoms with E-state index in [4.69, 9.17) is 0 Å². The molecule has 0 spiro atoms. The fourth-order valence-corrected chi connectivity index (χ4v) is 1.51. The van der Waals surface area contributed by atoms with E-state index < -0.39 is 17.9 Å². The molecule has 1 amide bonds. The van der Waals surface area contributed by atoms with Crippen molar-refractivity contribution in [2.24, 2.45) is 0 Å². The summed E-state index contributed by atoms with van der Waals surface area (Å²) < 4.78 is 54.8. The minimum atomic E-state index is -4.75. The van der Waals surface area contributed by atoms with Crippen LogP contribution in [0.3, 0.4) is 0 Å². The highest BCUT2D eigenvalue weighted by molar-refractivity contribution is 5.72. The molecule has 1 aromatic heterocycles. The third-order valence-corrected chi connectivity index (χ3v) is 2.51. The molecule has 9 heteroatoms. The van der Waals surface area contributed by atoms with Gasteiger partial charge in [-0.2, -0.15) is 18.2 Å². The predicted molar refractivity (Wildman–Crippen MR) is 62.2 cm³/mol. The van der Waals surface area contributed by atoms with Crippen LogP contribution in [0.15, 0.2) is 22.7 Å². The molecule has 0 atom stereocenters. The fraction of sp³-hybridized carbons (Fsp3) is 0.250. The van der Waals surface area contributed by atoms with E-state index in [0.717, 1.165) is 6.07 Å². The number of nitrogens with one attached hydrogen (secondary N) is 1. The minimum absolute atomic E-state index is 0.0263. The molecular formula is C12H9F4N3O2. The van der Waals surface area contributed by atoms with Gasteiger partial charge in [0.25, 0.3) is 0 Å². The lowest BCUT2D eigenvalue weighted by Gasteiger charge is -2.05. The van der Waals surface area contributed by atoms with Crippen LogP contribution in [0.25, 0.3) is 11.4 Å². The van der Waals surface area contributed by atoms with Crippen LogP contribution in [0.4, 0.5) is 17.6 Å². The summed E-state index contributed by atoms with van der Waals surface area (Å²) >= 11 is 0. The number of amides is 1. The summed E-state index contributed by atoms with van der Waals surface area (Å²) in [6.07, 6.45) is -4.75. The Morgan fingerprint density at radius 2 is 2.10 bits per heavy atom. The molecule has 1 aromatic carbocycles. The van der Waals surface area contributed by atoms with Crippen molar-refractivity contribution in [1.29, 1.82) is 0 Å². The summed E-state index contributed by atoms with van der Waals surface area (Å²) in [6.45, 7) is 1.26. The van der Waals surface area contributed by atoms with Gasteiger partial charge in [0.2, 0.25) is 11.7 Å². The number of alkyl halides is 3. The number of carbonyl (C=O) groups excluding carboxylic acids is 1. The first-order valence-electron chi connectivity index (χ1n) is 5.71. The predicted octanol–water partition coefficient (Wildman–Crippen LogP) is 2.53. The maximum Gasteiger partial charge on any atom is 0.471 e. The standard InChI is InChI=1S/C12H9F4N3O2/c1-6(20)17-5-8-3-2-7(4-9(8)13)10-18-11(21-19-10)12(14,15)16/h2-4H,5H2,1H3,(H,17,20). The van der Waals surface area contributed by atoms with Crippen molar-refractivity contribution in [2.75, 3.05) is 0 Å². The lowest BCUT2D eigenvalue weighted by atomic mass is 10.1. The van der Waals surface area contributed by atoms with Crippen molar-refractivity contribution in [1.82, 2.24) is 15.5 Å². The van der Waals surface area contributed by atoms with Crippen LogP contribution in [0.1, 0.15) is 18.4 Å². The number of hydrogen-bond acceptors (Lipinski definition) is 4. The number of nitrogens with zero attached hydrogens (tertiary/aromatic N) is 2. The van der Waals surface area contributed by atoms with Crippen LogP contribution in [-0.4, -0.2) is 16.0 Å². The van der Waals surface area contributed by atoms with E-state index in [0.29, 0.717) is 0 Å². The molecule has 5 nitrogen and oxygen atoms in total. The number of rotatable bonds is 3. The molecule has 21 heavy (non-hydrogen) atoms. The topological polar surface area (TPSA) is 68.0 Å². The zero-order chi connectivity index (χ0) is 15.6. The van der Waals surface area contributed by atoms with E-state index in [1.165, 1.54) is 19.1 Å². The van der Waals surface area contributed by atoms with Gasteiger partial charge in [0.15, 0.2) is 0 Å². The third kappa shape index (κ3) is 3.56. The minimum Gasteiger partial charge on any atom is -0.352 e. The van der Waals surface area contributed by atoms with Crippen molar-refractivity contribution >= 4 is 5.91 Å². The molecule has 0 aliphatic rings. The number of carbonyl (C=O) groups is 1. The fourth-order valence-electron chi connectivity index (χ4n) is 1.51. The van der Waals surface area contributed by atoms with E-state index in [-0.39, 0.29) is 29.4 Å². The average Bonchev–Trinajstić information content (AvgIpc) is 2.86. The molecule has 1 N–H and O–H groups in total. The summed E-state index contributed by atoms with van der Waals surface area (Å²) in [5.74, 6) is -2.89. The molecule has 0 radical (unpaired) electrons. The first kappa shape index (κ1) is 14.9. The van der Waals surface area contributed by atoms with Crippen LogP contribution in [0.2, 0.25) is 0 Å². The van der Waals surface area contributed by atoms with Gasteiger partial charge in [-0.3, -0.25) is 4.79 Å².